The molecule has 0 saturated carbocycles. The van der Waals surface area contributed by atoms with Gasteiger partial charge in [0.25, 0.3) is 0 Å². The van der Waals surface area contributed by atoms with Gasteiger partial charge in [0.1, 0.15) is 6.04 Å². The predicted molar refractivity (Wildman–Crippen MR) is 115 cm³/mol. The molecule has 1 heterocycles. The Hall–Kier alpha value is -2.85. The molecule has 2 amide bonds. The van der Waals surface area contributed by atoms with Crippen molar-refractivity contribution in [1.82, 2.24) is 14.9 Å². The number of nitrogens with zero attached hydrogens (tertiary/aromatic N) is 1. The maximum atomic E-state index is 13.6. The summed E-state index contributed by atoms with van der Waals surface area (Å²) >= 11 is 0. The highest BCUT2D eigenvalue weighted by Gasteiger charge is 2.33. The first kappa shape index (κ1) is 23.8. The molecule has 172 valence electrons. The minimum atomic E-state index is -3.52. The van der Waals surface area contributed by atoms with Crippen molar-refractivity contribution in [1.29, 1.82) is 0 Å². The highest BCUT2D eigenvalue weighted by Crippen LogP contribution is 2.24. The lowest BCUT2D eigenvalue weighted by Gasteiger charge is -2.31. The van der Waals surface area contributed by atoms with Gasteiger partial charge < -0.3 is 10.6 Å². The lowest BCUT2D eigenvalue weighted by molar-refractivity contribution is -0.131. The number of amides is 2. The maximum absolute atomic E-state index is 13.6. The molecular formula is C22H25F2N3O4S. The van der Waals surface area contributed by atoms with Gasteiger partial charge in [-0.15, -0.1) is 0 Å². The van der Waals surface area contributed by atoms with Crippen molar-refractivity contribution in [3.05, 3.63) is 71.3 Å². The molecule has 2 aromatic carbocycles. The van der Waals surface area contributed by atoms with Crippen LogP contribution in [0.5, 0.6) is 0 Å². The van der Waals surface area contributed by atoms with E-state index in [0.29, 0.717) is 5.56 Å². The van der Waals surface area contributed by atoms with Crippen LogP contribution in [-0.4, -0.2) is 44.7 Å². The SMILES string of the molecule is CNC(=O)C(NC(=O)C1CCN(S(=O)(=O)Cc2ccccc2)CC1)c1ccc(F)c(F)c1. The molecule has 0 radical (unpaired) electrons. The van der Waals surface area contributed by atoms with Crippen LogP contribution in [0.25, 0.3) is 0 Å². The average molecular weight is 466 g/mol. The lowest BCUT2D eigenvalue weighted by atomic mass is 9.96. The topological polar surface area (TPSA) is 95.6 Å². The fraction of sp³-hybridized carbons (Fsp3) is 0.364. The molecule has 0 aliphatic carbocycles. The van der Waals surface area contributed by atoms with Gasteiger partial charge in [0.2, 0.25) is 21.8 Å². The molecule has 1 aliphatic rings. The number of nitrogens with one attached hydrogen (secondary N) is 2. The molecule has 0 aromatic heterocycles. The van der Waals surface area contributed by atoms with Crippen molar-refractivity contribution in [2.24, 2.45) is 5.92 Å². The number of carbonyl (C=O) groups excluding carboxylic acids is 2. The van der Waals surface area contributed by atoms with Crippen molar-refractivity contribution >= 4 is 21.8 Å². The van der Waals surface area contributed by atoms with Gasteiger partial charge in [0.05, 0.1) is 5.75 Å². The Morgan fingerprint density at radius 1 is 1.06 bits per heavy atom. The standard InChI is InChI=1S/C22H25F2N3O4S/c1-25-22(29)20(17-7-8-18(23)19(24)13-17)26-21(28)16-9-11-27(12-10-16)32(30,31)14-15-5-3-2-4-6-15/h2-8,13,16,20H,9-12,14H2,1H3,(H,25,29)(H,26,28). The van der Waals surface area contributed by atoms with Gasteiger partial charge in [0, 0.05) is 26.1 Å². The summed E-state index contributed by atoms with van der Waals surface area (Å²) in [4.78, 5) is 25.0. The largest absolute Gasteiger partial charge is 0.357 e. The van der Waals surface area contributed by atoms with E-state index in [0.717, 1.165) is 12.1 Å². The van der Waals surface area contributed by atoms with Crippen molar-refractivity contribution in [3.63, 3.8) is 0 Å². The first-order chi connectivity index (χ1) is 15.2. The highest BCUT2D eigenvalue weighted by molar-refractivity contribution is 7.88. The number of halogens is 2. The molecule has 10 heteroatoms. The normalized spacial score (nSPS) is 16.3. The molecule has 1 aliphatic heterocycles. The van der Waals surface area contributed by atoms with Crippen LogP contribution in [0, 0.1) is 17.6 Å². The van der Waals surface area contributed by atoms with Gasteiger partial charge >= 0.3 is 0 Å². The van der Waals surface area contributed by atoms with Crippen molar-refractivity contribution in [2.75, 3.05) is 20.1 Å². The molecule has 3 rings (SSSR count). The quantitative estimate of drug-likeness (QED) is 0.655. The Kier molecular flexibility index (Phi) is 7.57. The molecule has 0 bridgehead atoms. The average Bonchev–Trinajstić information content (AvgIpc) is 2.79. The zero-order valence-corrected chi connectivity index (χ0v) is 18.4. The number of sulfonamides is 1. The maximum Gasteiger partial charge on any atom is 0.246 e. The monoisotopic (exact) mass is 465 g/mol. The predicted octanol–water partition coefficient (Wildman–Crippen LogP) is 2.11. The number of hydrogen-bond acceptors (Lipinski definition) is 4. The third-order valence-corrected chi connectivity index (χ3v) is 7.33. The van der Waals surface area contributed by atoms with Gasteiger partial charge in [-0.25, -0.2) is 21.5 Å². The molecule has 32 heavy (non-hydrogen) atoms. The zero-order valence-electron chi connectivity index (χ0n) is 17.6. The van der Waals surface area contributed by atoms with E-state index in [1.165, 1.54) is 17.4 Å². The van der Waals surface area contributed by atoms with Crippen LogP contribution in [0.2, 0.25) is 0 Å². The summed E-state index contributed by atoms with van der Waals surface area (Å²) in [5.41, 5.74) is 0.798. The van der Waals surface area contributed by atoms with Crippen LogP contribution in [0.1, 0.15) is 30.0 Å². The van der Waals surface area contributed by atoms with E-state index in [-0.39, 0.29) is 37.2 Å². The summed E-state index contributed by atoms with van der Waals surface area (Å²) in [6, 6.07) is 10.7. The van der Waals surface area contributed by atoms with Crippen LogP contribution >= 0.6 is 0 Å². The van der Waals surface area contributed by atoms with Gasteiger partial charge in [-0.05, 0) is 36.1 Å². The van der Waals surface area contributed by atoms with E-state index in [1.54, 1.807) is 24.3 Å². The number of benzene rings is 2. The molecule has 7 nitrogen and oxygen atoms in total. The van der Waals surface area contributed by atoms with Crippen molar-refractivity contribution in [3.8, 4) is 0 Å². The van der Waals surface area contributed by atoms with Crippen LogP contribution in [-0.2, 0) is 25.4 Å². The number of likely N-dealkylation sites (N-methyl/N-ethyl adjacent to an activating group) is 1. The third kappa shape index (κ3) is 5.68. The fourth-order valence-corrected chi connectivity index (χ4v) is 5.23. The summed E-state index contributed by atoms with van der Waals surface area (Å²) in [6.45, 7) is 0.367. The molecule has 1 saturated heterocycles. The first-order valence-electron chi connectivity index (χ1n) is 10.2. The van der Waals surface area contributed by atoms with Crippen LogP contribution in [0.15, 0.2) is 48.5 Å². The molecule has 1 unspecified atom stereocenters. The Morgan fingerprint density at radius 2 is 1.72 bits per heavy atom. The second kappa shape index (κ2) is 10.2. The van der Waals surface area contributed by atoms with Crippen LogP contribution in [0.4, 0.5) is 8.78 Å². The van der Waals surface area contributed by atoms with E-state index in [9.17, 15) is 26.8 Å². The zero-order chi connectivity index (χ0) is 23.3. The molecule has 2 N–H and O–H groups in total. The Bertz CT molecular complexity index is 1070. The summed E-state index contributed by atoms with van der Waals surface area (Å²) in [5.74, 6) is -3.81. The van der Waals surface area contributed by atoms with Crippen molar-refractivity contribution in [2.45, 2.75) is 24.6 Å². The van der Waals surface area contributed by atoms with Gasteiger partial charge in [-0.3, -0.25) is 9.59 Å². The summed E-state index contributed by atoms with van der Waals surface area (Å²) < 4.78 is 53.6. The van der Waals surface area contributed by atoms with E-state index >= 15 is 0 Å². The first-order valence-corrected chi connectivity index (χ1v) is 11.8. The van der Waals surface area contributed by atoms with Crippen LogP contribution < -0.4 is 10.6 Å². The van der Waals surface area contributed by atoms with Gasteiger partial charge in [-0.1, -0.05) is 36.4 Å². The molecular weight excluding hydrogens is 440 g/mol. The molecule has 2 aromatic rings. The second-order valence-corrected chi connectivity index (χ2v) is 9.61. The Labute approximate surface area is 185 Å². The van der Waals surface area contributed by atoms with E-state index in [4.69, 9.17) is 0 Å². The molecule has 1 fully saturated rings. The number of carbonyl (C=O) groups is 2. The van der Waals surface area contributed by atoms with Gasteiger partial charge in [-0.2, -0.15) is 0 Å². The minimum absolute atomic E-state index is 0.111. The second-order valence-electron chi connectivity index (χ2n) is 7.64. The van der Waals surface area contributed by atoms with E-state index in [1.807, 2.05) is 6.07 Å². The smallest absolute Gasteiger partial charge is 0.246 e. The van der Waals surface area contributed by atoms with E-state index < -0.39 is 45.4 Å². The van der Waals surface area contributed by atoms with Gasteiger partial charge in [0.15, 0.2) is 11.6 Å². The summed E-state index contributed by atoms with van der Waals surface area (Å²) in [6.07, 6.45) is 0.580. The van der Waals surface area contributed by atoms with Crippen molar-refractivity contribution < 1.29 is 26.8 Å². The number of rotatable bonds is 7. The number of piperidine rings is 1. The highest BCUT2D eigenvalue weighted by atomic mass is 32.2. The minimum Gasteiger partial charge on any atom is -0.357 e. The van der Waals surface area contributed by atoms with Crippen LogP contribution in [0.3, 0.4) is 0 Å². The molecule has 0 spiro atoms. The third-order valence-electron chi connectivity index (χ3n) is 5.48. The fourth-order valence-electron chi connectivity index (χ4n) is 3.67. The summed E-state index contributed by atoms with van der Waals surface area (Å²) in [5, 5.41) is 4.98. The molecule has 1 atom stereocenters. The lowest BCUT2D eigenvalue weighted by Crippen LogP contribution is -2.46. The Balaban J connectivity index is 1.63. The summed E-state index contributed by atoms with van der Waals surface area (Å²) in [7, 11) is -2.14. The van der Waals surface area contributed by atoms with E-state index in [2.05, 4.69) is 10.6 Å². The number of hydrogen-bond donors (Lipinski definition) is 2. The Morgan fingerprint density at radius 3 is 2.31 bits per heavy atom.